The Labute approximate surface area is 245 Å². The number of benzene rings is 1. The molecular formula is C31H42BrN3O5. The lowest BCUT2D eigenvalue weighted by molar-refractivity contribution is -0.139. The SMILES string of the molecule is COCCCc1cc(Br)cc(CN(C(=O)C2CN(C(=O)OC(C)(C)C)CCC2c2ccn(C)c(=O)c2)C2CC2)c1. The van der Waals surface area contributed by atoms with Gasteiger partial charge in [0.15, 0.2) is 0 Å². The summed E-state index contributed by atoms with van der Waals surface area (Å²) in [7, 11) is 3.43. The highest BCUT2D eigenvalue weighted by atomic mass is 79.9. The first-order chi connectivity index (χ1) is 18.9. The van der Waals surface area contributed by atoms with E-state index in [0.717, 1.165) is 41.3 Å². The standard InChI is InChI=1S/C31H42BrN3O5/c1-31(2,3)40-30(38)34-13-11-26(23-10-12-33(4)28(36)18-23)27(20-34)29(37)35(25-8-9-25)19-22-15-21(7-6-14-39-5)16-24(32)17-22/h10,12,15-18,25-27H,6-9,11,13-14,19-20H2,1-5H3. The van der Waals surface area contributed by atoms with Gasteiger partial charge in [-0.05, 0) is 93.7 Å². The van der Waals surface area contributed by atoms with Crippen LogP contribution in [0.1, 0.15) is 69.1 Å². The first-order valence-corrected chi connectivity index (χ1v) is 15.0. The third-order valence-corrected chi connectivity index (χ3v) is 8.05. The van der Waals surface area contributed by atoms with E-state index in [1.165, 1.54) is 10.1 Å². The molecule has 2 atom stereocenters. The largest absolute Gasteiger partial charge is 0.444 e. The maximum absolute atomic E-state index is 14.4. The van der Waals surface area contributed by atoms with Crippen molar-refractivity contribution in [3.8, 4) is 0 Å². The number of pyridine rings is 1. The number of likely N-dealkylation sites (tertiary alicyclic amines) is 1. The Bertz CT molecular complexity index is 1270. The van der Waals surface area contributed by atoms with Crippen LogP contribution in [0.3, 0.4) is 0 Å². The maximum Gasteiger partial charge on any atom is 0.410 e. The second kappa shape index (κ2) is 12.9. The van der Waals surface area contributed by atoms with Crippen molar-refractivity contribution in [2.24, 2.45) is 13.0 Å². The molecule has 0 radical (unpaired) electrons. The van der Waals surface area contributed by atoms with Crippen molar-refractivity contribution in [2.75, 3.05) is 26.8 Å². The van der Waals surface area contributed by atoms with Gasteiger partial charge in [0, 0.05) is 63.2 Å². The molecule has 4 rings (SSSR count). The maximum atomic E-state index is 14.4. The lowest BCUT2D eigenvalue weighted by Gasteiger charge is -2.40. The number of rotatable bonds is 9. The molecule has 2 heterocycles. The van der Waals surface area contributed by atoms with Gasteiger partial charge in [0.1, 0.15) is 5.60 Å². The number of aromatic nitrogens is 1. The Morgan fingerprint density at radius 2 is 1.82 bits per heavy atom. The number of amides is 2. The van der Waals surface area contributed by atoms with Crippen molar-refractivity contribution in [2.45, 2.75) is 77.0 Å². The molecule has 2 aliphatic rings. The van der Waals surface area contributed by atoms with E-state index in [1.807, 2.05) is 31.7 Å². The lowest BCUT2D eigenvalue weighted by atomic mass is 9.79. The van der Waals surface area contributed by atoms with E-state index in [-0.39, 0.29) is 30.0 Å². The van der Waals surface area contributed by atoms with Crippen LogP contribution < -0.4 is 5.56 Å². The van der Waals surface area contributed by atoms with E-state index >= 15 is 0 Å². The van der Waals surface area contributed by atoms with Crippen LogP contribution >= 0.6 is 15.9 Å². The molecule has 2 amide bonds. The number of aryl methyl sites for hydroxylation is 2. The predicted octanol–water partition coefficient (Wildman–Crippen LogP) is 5.26. The van der Waals surface area contributed by atoms with Crippen LogP contribution in [-0.4, -0.2) is 64.8 Å². The van der Waals surface area contributed by atoms with Crippen LogP contribution in [0.25, 0.3) is 0 Å². The van der Waals surface area contributed by atoms with Gasteiger partial charge in [-0.1, -0.05) is 22.0 Å². The van der Waals surface area contributed by atoms with Crippen LogP contribution in [0, 0.1) is 5.92 Å². The number of carbonyl (C=O) groups excluding carboxylic acids is 2. The third-order valence-electron chi connectivity index (χ3n) is 7.59. The van der Waals surface area contributed by atoms with Gasteiger partial charge < -0.3 is 23.8 Å². The Hall–Kier alpha value is -2.65. The average Bonchev–Trinajstić information content (AvgIpc) is 3.72. The summed E-state index contributed by atoms with van der Waals surface area (Å²) in [5.74, 6) is -0.599. The minimum Gasteiger partial charge on any atom is -0.444 e. The molecule has 40 heavy (non-hydrogen) atoms. The molecular weight excluding hydrogens is 574 g/mol. The third kappa shape index (κ3) is 7.97. The first kappa shape index (κ1) is 30.3. The second-order valence-corrected chi connectivity index (χ2v) is 13.0. The molecule has 0 spiro atoms. The van der Waals surface area contributed by atoms with E-state index in [1.54, 1.807) is 31.3 Å². The normalized spacial score (nSPS) is 19.4. The molecule has 8 nitrogen and oxygen atoms in total. The summed E-state index contributed by atoms with van der Waals surface area (Å²) >= 11 is 3.65. The van der Waals surface area contributed by atoms with Gasteiger partial charge >= 0.3 is 6.09 Å². The van der Waals surface area contributed by atoms with E-state index in [2.05, 4.69) is 34.1 Å². The predicted molar refractivity (Wildman–Crippen MR) is 158 cm³/mol. The molecule has 218 valence electrons. The first-order valence-electron chi connectivity index (χ1n) is 14.2. The monoisotopic (exact) mass is 615 g/mol. The Morgan fingerprint density at radius 1 is 1.10 bits per heavy atom. The number of hydrogen-bond acceptors (Lipinski definition) is 5. The summed E-state index contributed by atoms with van der Waals surface area (Å²) in [6.45, 7) is 7.47. The molecule has 0 N–H and O–H groups in total. The second-order valence-electron chi connectivity index (χ2n) is 12.1. The van der Waals surface area contributed by atoms with E-state index in [0.29, 0.717) is 26.1 Å². The molecule has 1 saturated carbocycles. The van der Waals surface area contributed by atoms with Gasteiger partial charge in [-0.15, -0.1) is 0 Å². The van der Waals surface area contributed by atoms with Crippen molar-refractivity contribution in [1.29, 1.82) is 0 Å². The zero-order chi connectivity index (χ0) is 29.0. The van der Waals surface area contributed by atoms with Crippen molar-refractivity contribution < 1.29 is 19.1 Å². The van der Waals surface area contributed by atoms with Crippen molar-refractivity contribution in [3.05, 3.63) is 68.0 Å². The molecule has 2 unspecified atom stereocenters. The van der Waals surface area contributed by atoms with Crippen molar-refractivity contribution in [1.82, 2.24) is 14.4 Å². The van der Waals surface area contributed by atoms with Crippen LogP contribution in [-0.2, 0) is 34.3 Å². The van der Waals surface area contributed by atoms with E-state index in [9.17, 15) is 14.4 Å². The number of nitrogens with zero attached hydrogens (tertiary/aromatic N) is 3. The molecule has 2 fully saturated rings. The topological polar surface area (TPSA) is 81.1 Å². The summed E-state index contributed by atoms with van der Waals surface area (Å²) in [6.07, 6.45) is 5.71. The molecule has 1 aliphatic heterocycles. The molecule has 1 aromatic carbocycles. The van der Waals surface area contributed by atoms with Gasteiger partial charge in [0.05, 0.1) is 5.92 Å². The smallest absolute Gasteiger partial charge is 0.410 e. The highest BCUT2D eigenvalue weighted by molar-refractivity contribution is 9.10. The Morgan fingerprint density at radius 3 is 2.48 bits per heavy atom. The molecule has 1 aliphatic carbocycles. The minimum atomic E-state index is -0.624. The summed E-state index contributed by atoms with van der Waals surface area (Å²) < 4.78 is 13.4. The highest BCUT2D eigenvalue weighted by Gasteiger charge is 2.43. The number of hydrogen-bond donors (Lipinski definition) is 0. The van der Waals surface area contributed by atoms with Gasteiger partial charge in [-0.25, -0.2) is 4.79 Å². The van der Waals surface area contributed by atoms with Gasteiger partial charge in [0.25, 0.3) is 5.56 Å². The van der Waals surface area contributed by atoms with Crippen molar-refractivity contribution >= 4 is 27.9 Å². The Balaban J connectivity index is 1.61. The molecule has 2 aromatic rings. The van der Waals surface area contributed by atoms with Gasteiger partial charge in [-0.2, -0.15) is 0 Å². The summed E-state index contributed by atoms with van der Waals surface area (Å²) in [6, 6.07) is 10.1. The number of methoxy groups -OCH3 is 1. The fourth-order valence-corrected chi connectivity index (χ4v) is 6.03. The lowest BCUT2D eigenvalue weighted by Crippen LogP contribution is -2.51. The van der Waals surface area contributed by atoms with Gasteiger partial charge in [0.2, 0.25) is 5.91 Å². The number of ether oxygens (including phenoxy) is 2. The van der Waals surface area contributed by atoms with Crippen LogP contribution in [0.5, 0.6) is 0 Å². The average molecular weight is 617 g/mol. The molecule has 0 bridgehead atoms. The zero-order valence-corrected chi connectivity index (χ0v) is 25.9. The Kier molecular flexibility index (Phi) is 9.77. The molecule has 1 aromatic heterocycles. The molecule has 1 saturated heterocycles. The van der Waals surface area contributed by atoms with Gasteiger partial charge in [-0.3, -0.25) is 9.59 Å². The van der Waals surface area contributed by atoms with Crippen LogP contribution in [0.15, 0.2) is 45.8 Å². The number of piperidine rings is 1. The minimum absolute atomic E-state index is 0.0299. The van der Waals surface area contributed by atoms with E-state index < -0.39 is 17.6 Å². The number of halogens is 1. The zero-order valence-electron chi connectivity index (χ0n) is 24.3. The number of carbonyl (C=O) groups is 2. The fourth-order valence-electron chi connectivity index (χ4n) is 5.44. The van der Waals surface area contributed by atoms with Crippen LogP contribution in [0.4, 0.5) is 4.79 Å². The van der Waals surface area contributed by atoms with E-state index in [4.69, 9.17) is 9.47 Å². The summed E-state index contributed by atoms with van der Waals surface area (Å²) in [4.78, 5) is 43.6. The quantitative estimate of drug-likeness (QED) is 0.360. The van der Waals surface area contributed by atoms with Crippen molar-refractivity contribution in [3.63, 3.8) is 0 Å². The van der Waals surface area contributed by atoms with Crippen LogP contribution in [0.2, 0.25) is 0 Å². The summed E-state index contributed by atoms with van der Waals surface area (Å²) in [5, 5.41) is 0. The molecule has 9 heteroatoms. The fraction of sp³-hybridized carbons (Fsp3) is 0.581. The summed E-state index contributed by atoms with van der Waals surface area (Å²) in [5.41, 5.74) is 2.40. The highest BCUT2D eigenvalue weighted by Crippen LogP contribution is 2.38.